The summed E-state index contributed by atoms with van der Waals surface area (Å²) in [6, 6.07) is 26.6. The Morgan fingerprint density at radius 2 is 1.72 bits per heavy atom. The van der Waals surface area contributed by atoms with Gasteiger partial charge < -0.3 is 20.1 Å². The Labute approximate surface area is 266 Å². The molecule has 1 aliphatic rings. The molecule has 0 aliphatic heterocycles. The van der Waals surface area contributed by atoms with E-state index in [-0.39, 0.29) is 17.9 Å². The SMILES string of the molecule is O=C(N[C@@H](Cc1cc2ccccc2[nH]1)C(=O)O)c1cnn2c(C3CCCCC3)c(-c3ccc(OCc4ccccc4)cc3)cnc12. The van der Waals surface area contributed by atoms with Crippen LogP contribution in [-0.2, 0) is 17.8 Å². The van der Waals surface area contributed by atoms with Crippen LogP contribution in [0.5, 0.6) is 5.75 Å². The summed E-state index contributed by atoms with van der Waals surface area (Å²) in [5, 5.41) is 18.3. The highest BCUT2D eigenvalue weighted by molar-refractivity contribution is 6.01. The number of carboxylic acids is 1. The summed E-state index contributed by atoms with van der Waals surface area (Å²) in [6.07, 6.45) is 8.94. The number of benzene rings is 3. The fourth-order valence-electron chi connectivity index (χ4n) is 6.47. The van der Waals surface area contributed by atoms with Crippen LogP contribution >= 0.6 is 0 Å². The van der Waals surface area contributed by atoms with E-state index in [0.717, 1.165) is 70.4 Å². The second-order valence-corrected chi connectivity index (χ2v) is 11.9. The first-order valence-corrected chi connectivity index (χ1v) is 15.8. The van der Waals surface area contributed by atoms with Crippen LogP contribution in [0.1, 0.15) is 65.3 Å². The van der Waals surface area contributed by atoms with E-state index in [1.165, 1.54) is 12.6 Å². The van der Waals surface area contributed by atoms with Crippen LogP contribution in [0.15, 0.2) is 97.3 Å². The molecule has 1 fully saturated rings. The first kappa shape index (κ1) is 29.3. The Morgan fingerprint density at radius 3 is 2.48 bits per heavy atom. The number of nitrogens with one attached hydrogen (secondary N) is 2. The van der Waals surface area contributed by atoms with Crippen molar-refractivity contribution in [3.63, 3.8) is 0 Å². The van der Waals surface area contributed by atoms with Crippen molar-refractivity contribution in [1.29, 1.82) is 0 Å². The van der Waals surface area contributed by atoms with Crippen LogP contribution in [-0.4, -0.2) is 42.6 Å². The lowest BCUT2D eigenvalue weighted by molar-refractivity contribution is -0.139. The third-order valence-corrected chi connectivity index (χ3v) is 8.83. The third-order valence-electron chi connectivity index (χ3n) is 8.83. The topological polar surface area (TPSA) is 122 Å². The van der Waals surface area contributed by atoms with E-state index >= 15 is 0 Å². The summed E-state index contributed by atoms with van der Waals surface area (Å²) in [5.41, 5.74) is 6.39. The number of aromatic nitrogens is 4. The summed E-state index contributed by atoms with van der Waals surface area (Å²) < 4.78 is 7.79. The minimum Gasteiger partial charge on any atom is -0.489 e. The molecule has 3 aromatic heterocycles. The number of aromatic amines is 1. The quantitative estimate of drug-likeness (QED) is 0.154. The number of fused-ring (bicyclic) bond motifs is 2. The number of para-hydroxylation sites is 1. The normalized spacial score (nSPS) is 14.3. The lowest BCUT2D eigenvalue weighted by Gasteiger charge is -2.25. The molecule has 1 saturated carbocycles. The molecule has 9 heteroatoms. The number of carbonyl (C=O) groups excluding carboxylic acids is 1. The number of hydrogen-bond acceptors (Lipinski definition) is 5. The van der Waals surface area contributed by atoms with Gasteiger partial charge in [-0.1, -0.05) is 79.9 Å². The summed E-state index contributed by atoms with van der Waals surface area (Å²) in [4.78, 5) is 33.7. The Kier molecular flexibility index (Phi) is 8.20. The van der Waals surface area contributed by atoms with Crippen LogP contribution in [0.2, 0.25) is 0 Å². The summed E-state index contributed by atoms with van der Waals surface area (Å²) >= 11 is 0. The molecule has 0 radical (unpaired) electrons. The molecule has 7 rings (SSSR count). The van der Waals surface area contributed by atoms with Gasteiger partial charge in [0.05, 0.1) is 11.9 Å². The molecule has 3 N–H and O–H groups in total. The molecule has 1 aliphatic carbocycles. The van der Waals surface area contributed by atoms with E-state index in [9.17, 15) is 14.7 Å². The van der Waals surface area contributed by atoms with Gasteiger partial charge in [-0.05, 0) is 53.6 Å². The van der Waals surface area contributed by atoms with Crippen LogP contribution < -0.4 is 10.1 Å². The monoisotopic (exact) mass is 613 g/mol. The molecule has 3 aromatic carbocycles. The van der Waals surface area contributed by atoms with Crippen molar-refractivity contribution in [3.05, 3.63) is 120 Å². The number of carboxylic acid groups (broad SMARTS) is 1. The van der Waals surface area contributed by atoms with Crippen molar-refractivity contribution in [3.8, 4) is 16.9 Å². The van der Waals surface area contributed by atoms with Crippen molar-refractivity contribution < 1.29 is 19.4 Å². The number of rotatable bonds is 10. The van der Waals surface area contributed by atoms with Crippen molar-refractivity contribution in [2.75, 3.05) is 0 Å². The maximum absolute atomic E-state index is 13.5. The molecule has 9 nitrogen and oxygen atoms in total. The second-order valence-electron chi connectivity index (χ2n) is 11.9. The number of carbonyl (C=O) groups is 2. The smallest absolute Gasteiger partial charge is 0.326 e. The average molecular weight is 614 g/mol. The molecule has 1 amide bonds. The van der Waals surface area contributed by atoms with Gasteiger partial charge in [0, 0.05) is 35.3 Å². The fraction of sp³-hybridized carbons (Fsp3) is 0.243. The highest BCUT2D eigenvalue weighted by Gasteiger charge is 2.28. The number of hydrogen-bond donors (Lipinski definition) is 3. The minimum atomic E-state index is -1.13. The van der Waals surface area contributed by atoms with E-state index < -0.39 is 17.9 Å². The highest BCUT2D eigenvalue weighted by Crippen LogP contribution is 2.38. The number of H-pyrrole nitrogens is 1. The molecule has 46 heavy (non-hydrogen) atoms. The molecular weight excluding hydrogens is 578 g/mol. The zero-order chi connectivity index (χ0) is 31.5. The van der Waals surface area contributed by atoms with Crippen molar-refractivity contribution in [2.45, 2.75) is 57.1 Å². The van der Waals surface area contributed by atoms with Crippen molar-refractivity contribution in [2.24, 2.45) is 0 Å². The second kappa shape index (κ2) is 12.9. The van der Waals surface area contributed by atoms with Crippen molar-refractivity contribution in [1.82, 2.24) is 24.9 Å². The van der Waals surface area contributed by atoms with Gasteiger partial charge >= 0.3 is 5.97 Å². The highest BCUT2D eigenvalue weighted by atomic mass is 16.5. The van der Waals surface area contributed by atoms with E-state index in [1.807, 2.05) is 91.1 Å². The minimum absolute atomic E-state index is 0.116. The predicted molar refractivity (Wildman–Crippen MR) is 176 cm³/mol. The van der Waals surface area contributed by atoms with Gasteiger partial charge in [-0.15, -0.1) is 0 Å². The summed E-state index contributed by atoms with van der Waals surface area (Å²) in [7, 11) is 0. The van der Waals surface area contributed by atoms with Gasteiger partial charge in [0.1, 0.15) is 24.0 Å². The fourth-order valence-corrected chi connectivity index (χ4v) is 6.47. The molecule has 0 saturated heterocycles. The molecule has 6 aromatic rings. The van der Waals surface area contributed by atoms with Gasteiger partial charge in [0.25, 0.3) is 5.91 Å². The molecule has 3 heterocycles. The molecule has 0 unspecified atom stereocenters. The molecule has 0 bridgehead atoms. The van der Waals surface area contributed by atoms with E-state index in [2.05, 4.69) is 15.4 Å². The largest absolute Gasteiger partial charge is 0.489 e. The Hall–Kier alpha value is -5.44. The number of amides is 1. The van der Waals surface area contributed by atoms with Gasteiger partial charge in [0.15, 0.2) is 5.65 Å². The maximum atomic E-state index is 13.5. The van der Waals surface area contributed by atoms with Crippen LogP contribution in [0.25, 0.3) is 27.7 Å². The molecular formula is C37H35N5O4. The van der Waals surface area contributed by atoms with E-state index in [4.69, 9.17) is 9.72 Å². The summed E-state index contributed by atoms with van der Waals surface area (Å²) in [5.74, 6) is -0.599. The zero-order valence-corrected chi connectivity index (χ0v) is 25.4. The van der Waals surface area contributed by atoms with E-state index in [0.29, 0.717) is 12.3 Å². The first-order chi connectivity index (χ1) is 22.5. The maximum Gasteiger partial charge on any atom is 0.326 e. The summed E-state index contributed by atoms with van der Waals surface area (Å²) in [6.45, 7) is 0.490. The van der Waals surface area contributed by atoms with E-state index in [1.54, 1.807) is 4.52 Å². The first-order valence-electron chi connectivity index (χ1n) is 15.8. The van der Waals surface area contributed by atoms with Crippen LogP contribution in [0.4, 0.5) is 0 Å². The lowest BCUT2D eigenvalue weighted by Crippen LogP contribution is -2.42. The Balaban J connectivity index is 1.16. The number of ether oxygens (including phenoxy) is 1. The Morgan fingerprint density at radius 1 is 0.957 bits per heavy atom. The zero-order valence-electron chi connectivity index (χ0n) is 25.4. The standard InChI is InChI=1S/C37H35N5O4/c43-36(41-33(37(44)45)20-28-19-27-13-7-8-14-32(27)40-28)31-22-39-42-34(26-11-5-2-6-12-26)30(21-38-35(31)42)25-15-17-29(18-16-25)46-23-24-9-3-1-4-10-24/h1,3-4,7-10,13-19,21-22,26,33,40H,2,5-6,11-12,20,23H2,(H,41,43)(H,44,45)/t33-/m0/s1. The van der Waals surface area contributed by atoms with Crippen LogP contribution in [0, 0.1) is 0 Å². The van der Waals surface area contributed by atoms with Crippen LogP contribution in [0.3, 0.4) is 0 Å². The van der Waals surface area contributed by atoms with Gasteiger partial charge in [-0.3, -0.25) is 4.79 Å². The number of aliphatic carboxylic acids is 1. The van der Waals surface area contributed by atoms with Gasteiger partial charge in [-0.25, -0.2) is 14.3 Å². The Bertz CT molecular complexity index is 1960. The molecule has 232 valence electrons. The molecule has 1 atom stereocenters. The van der Waals surface area contributed by atoms with Crippen molar-refractivity contribution >= 4 is 28.4 Å². The third kappa shape index (κ3) is 6.08. The predicted octanol–water partition coefficient (Wildman–Crippen LogP) is 6.93. The van der Waals surface area contributed by atoms with Gasteiger partial charge in [0.2, 0.25) is 0 Å². The molecule has 0 spiro atoms. The average Bonchev–Trinajstić information content (AvgIpc) is 3.72. The lowest BCUT2D eigenvalue weighted by atomic mass is 9.84. The number of nitrogens with zero attached hydrogens (tertiary/aromatic N) is 3. The van der Waals surface area contributed by atoms with Gasteiger partial charge in [-0.2, -0.15) is 5.10 Å².